The van der Waals surface area contributed by atoms with E-state index >= 15 is 0 Å². The third-order valence-corrected chi connectivity index (χ3v) is 2.53. The minimum Gasteiger partial charge on any atom is -0.495 e. The molecule has 0 saturated heterocycles. The van der Waals surface area contributed by atoms with Gasteiger partial charge in [-0.25, -0.2) is 0 Å². The second-order valence-corrected chi connectivity index (χ2v) is 3.79. The highest BCUT2D eigenvalue weighted by molar-refractivity contribution is 9.10. The molecule has 2 N–H and O–H groups in total. The van der Waals surface area contributed by atoms with Gasteiger partial charge >= 0.3 is 0 Å². The van der Waals surface area contributed by atoms with Gasteiger partial charge in [-0.3, -0.25) is 4.79 Å². The number of aryl methyl sites for hydroxylation is 1. The van der Waals surface area contributed by atoms with Gasteiger partial charge in [-0.1, -0.05) is 0 Å². The van der Waals surface area contributed by atoms with Crippen LogP contribution in [0.5, 0.6) is 5.75 Å². The number of rotatable bonds is 3. The van der Waals surface area contributed by atoms with E-state index in [4.69, 9.17) is 10.5 Å². The fraction of sp³-hybridized carbons (Fsp3) is 0.300. The lowest BCUT2D eigenvalue weighted by molar-refractivity contribution is 0.100. The number of ether oxygens (including phenoxy) is 1. The molecule has 0 heterocycles. The number of hydrogen-bond donors (Lipinski definition) is 1. The quantitative estimate of drug-likeness (QED) is 0.842. The van der Waals surface area contributed by atoms with Crippen LogP contribution in [-0.2, 0) is 0 Å². The van der Waals surface area contributed by atoms with E-state index < -0.39 is 0 Å². The van der Waals surface area contributed by atoms with E-state index in [9.17, 15) is 4.79 Å². The van der Waals surface area contributed by atoms with Gasteiger partial charge in [-0.15, -0.1) is 0 Å². The number of nitrogens with two attached hydrogens (primary N) is 1. The van der Waals surface area contributed by atoms with Gasteiger partial charge in [0, 0.05) is 5.56 Å². The summed E-state index contributed by atoms with van der Waals surface area (Å²) in [4.78, 5) is 11.3. The van der Waals surface area contributed by atoms with Gasteiger partial charge in [-0.2, -0.15) is 0 Å². The lowest BCUT2D eigenvalue weighted by Crippen LogP contribution is -2.13. The summed E-state index contributed by atoms with van der Waals surface area (Å²) in [5.74, 6) is 0.676. The van der Waals surface area contributed by atoms with Crippen LogP contribution in [0.2, 0.25) is 0 Å². The van der Waals surface area contributed by atoms with Crippen molar-refractivity contribution < 1.29 is 9.53 Å². The van der Waals surface area contributed by atoms with Crippen molar-refractivity contribution in [2.45, 2.75) is 6.92 Å². The number of carbonyl (C=O) groups excluding carboxylic acids is 1. The fourth-order valence-corrected chi connectivity index (χ4v) is 1.99. The molecule has 3 nitrogen and oxygen atoms in total. The van der Waals surface area contributed by atoms with E-state index in [2.05, 4.69) is 15.9 Å². The molecule has 0 atom stereocenters. The van der Waals surface area contributed by atoms with Crippen LogP contribution >= 0.6 is 15.9 Å². The lowest BCUT2D eigenvalue weighted by atomic mass is 10.1. The van der Waals surface area contributed by atoms with Crippen molar-refractivity contribution in [1.29, 1.82) is 0 Å². The van der Waals surface area contributed by atoms with Crippen LogP contribution in [0.4, 0.5) is 0 Å². The van der Waals surface area contributed by atoms with E-state index in [0.717, 1.165) is 15.8 Å². The predicted octanol–water partition coefficient (Wildman–Crippen LogP) is 1.91. The Morgan fingerprint density at radius 1 is 1.57 bits per heavy atom. The standard InChI is InChI=1S/C10H12BrNO2/c1-6-3-7(9(13)5-12)4-8(11)10(6)14-2/h3-4H,5,12H2,1-2H3. The molecular weight excluding hydrogens is 246 g/mol. The zero-order valence-electron chi connectivity index (χ0n) is 8.13. The second kappa shape index (κ2) is 4.57. The van der Waals surface area contributed by atoms with Gasteiger partial charge in [0.25, 0.3) is 0 Å². The normalized spacial score (nSPS) is 10.0. The smallest absolute Gasteiger partial charge is 0.176 e. The summed E-state index contributed by atoms with van der Waals surface area (Å²) in [6, 6.07) is 3.50. The zero-order valence-corrected chi connectivity index (χ0v) is 9.72. The maximum Gasteiger partial charge on any atom is 0.176 e. The summed E-state index contributed by atoms with van der Waals surface area (Å²) in [6.07, 6.45) is 0. The molecular formula is C10H12BrNO2. The average molecular weight is 258 g/mol. The first kappa shape index (κ1) is 11.2. The van der Waals surface area contributed by atoms with Gasteiger partial charge in [0.2, 0.25) is 0 Å². The molecule has 0 fully saturated rings. The number of carbonyl (C=O) groups is 1. The molecule has 4 heteroatoms. The molecule has 0 aromatic heterocycles. The van der Waals surface area contributed by atoms with E-state index in [-0.39, 0.29) is 12.3 Å². The van der Waals surface area contributed by atoms with Crippen LogP contribution in [0, 0.1) is 6.92 Å². The number of benzene rings is 1. The summed E-state index contributed by atoms with van der Waals surface area (Å²) in [6.45, 7) is 1.91. The summed E-state index contributed by atoms with van der Waals surface area (Å²) >= 11 is 3.34. The highest BCUT2D eigenvalue weighted by Crippen LogP contribution is 2.29. The molecule has 0 saturated carbocycles. The third-order valence-electron chi connectivity index (χ3n) is 1.94. The zero-order chi connectivity index (χ0) is 10.7. The Balaban J connectivity index is 3.20. The Kier molecular flexibility index (Phi) is 3.66. The van der Waals surface area contributed by atoms with Crippen molar-refractivity contribution in [3.8, 4) is 5.75 Å². The van der Waals surface area contributed by atoms with Gasteiger partial charge in [-0.05, 0) is 40.5 Å². The number of Topliss-reactive ketones (excluding diaryl/α,β-unsaturated/α-hetero) is 1. The van der Waals surface area contributed by atoms with Crippen LogP contribution in [0.25, 0.3) is 0 Å². The molecule has 14 heavy (non-hydrogen) atoms. The molecule has 0 amide bonds. The van der Waals surface area contributed by atoms with Crippen molar-refractivity contribution in [3.63, 3.8) is 0 Å². The topological polar surface area (TPSA) is 52.3 Å². The molecule has 1 aromatic rings. The number of ketones is 1. The first-order valence-corrected chi connectivity index (χ1v) is 4.96. The van der Waals surface area contributed by atoms with Crippen LogP contribution < -0.4 is 10.5 Å². The summed E-state index contributed by atoms with van der Waals surface area (Å²) in [7, 11) is 1.59. The van der Waals surface area contributed by atoms with Crippen molar-refractivity contribution in [3.05, 3.63) is 27.7 Å². The maximum absolute atomic E-state index is 11.3. The fourth-order valence-electron chi connectivity index (χ4n) is 1.27. The molecule has 0 aliphatic carbocycles. The van der Waals surface area contributed by atoms with Crippen LogP contribution in [-0.4, -0.2) is 19.4 Å². The van der Waals surface area contributed by atoms with E-state index in [1.54, 1.807) is 19.2 Å². The Morgan fingerprint density at radius 3 is 2.64 bits per heavy atom. The van der Waals surface area contributed by atoms with Gasteiger partial charge in [0.1, 0.15) is 5.75 Å². The average Bonchev–Trinajstić information content (AvgIpc) is 2.16. The maximum atomic E-state index is 11.3. The Hall–Kier alpha value is -0.870. The lowest BCUT2D eigenvalue weighted by Gasteiger charge is -2.08. The predicted molar refractivity (Wildman–Crippen MR) is 58.8 cm³/mol. The molecule has 0 aliphatic rings. The highest BCUT2D eigenvalue weighted by Gasteiger charge is 2.10. The summed E-state index contributed by atoms with van der Waals surface area (Å²) in [5.41, 5.74) is 6.80. The molecule has 0 radical (unpaired) electrons. The second-order valence-electron chi connectivity index (χ2n) is 2.94. The van der Waals surface area contributed by atoms with Crippen LogP contribution in [0.15, 0.2) is 16.6 Å². The van der Waals surface area contributed by atoms with Gasteiger partial charge < -0.3 is 10.5 Å². The molecule has 0 bridgehead atoms. The minimum absolute atomic E-state index is 0.0260. The highest BCUT2D eigenvalue weighted by atomic mass is 79.9. The Morgan fingerprint density at radius 2 is 2.21 bits per heavy atom. The molecule has 1 rings (SSSR count). The van der Waals surface area contributed by atoms with Crippen molar-refractivity contribution in [1.82, 2.24) is 0 Å². The Bertz CT molecular complexity index is 340. The first-order chi connectivity index (χ1) is 6.60. The van der Waals surface area contributed by atoms with Crippen molar-refractivity contribution in [2.24, 2.45) is 5.73 Å². The summed E-state index contributed by atoms with van der Waals surface area (Å²) < 4.78 is 5.93. The van der Waals surface area contributed by atoms with Crippen molar-refractivity contribution in [2.75, 3.05) is 13.7 Å². The molecule has 1 aromatic carbocycles. The number of hydrogen-bond acceptors (Lipinski definition) is 3. The molecule has 0 unspecified atom stereocenters. The van der Waals surface area contributed by atoms with E-state index in [1.807, 2.05) is 6.92 Å². The molecule has 0 spiro atoms. The molecule has 76 valence electrons. The SMILES string of the molecule is COc1c(C)cc(C(=O)CN)cc1Br. The van der Waals surface area contributed by atoms with Gasteiger partial charge in [0.15, 0.2) is 5.78 Å². The number of halogens is 1. The third kappa shape index (κ3) is 2.13. The summed E-state index contributed by atoms with van der Waals surface area (Å²) in [5, 5.41) is 0. The minimum atomic E-state index is -0.0727. The molecule has 0 aliphatic heterocycles. The largest absolute Gasteiger partial charge is 0.495 e. The van der Waals surface area contributed by atoms with Crippen LogP contribution in [0.3, 0.4) is 0 Å². The first-order valence-electron chi connectivity index (χ1n) is 4.17. The monoisotopic (exact) mass is 257 g/mol. The number of methoxy groups -OCH3 is 1. The van der Waals surface area contributed by atoms with Crippen LogP contribution in [0.1, 0.15) is 15.9 Å². The van der Waals surface area contributed by atoms with E-state index in [0.29, 0.717) is 5.56 Å². The van der Waals surface area contributed by atoms with E-state index in [1.165, 1.54) is 0 Å². The van der Waals surface area contributed by atoms with Crippen molar-refractivity contribution >= 4 is 21.7 Å². The van der Waals surface area contributed by atoms with Gasteiger partial charge in [0.05, 0.1) is 18.1 Å². The Labute approximate surface area is 91.4 Å².